The van der Waals surface area contributed by atoms with Crippen LogP contribution in [0.25, 0.3) is 10.2 Å². The van der Waals surface area contributed by atoms with E-state index in [-0.39, 0.29) is 5.82 Å². The number of amides is 1. The van der Waals surface area contributed by atoms with Crippen molar-refractivity contribution >= 4 is 27.5 Å². The average molecular weight is 372 g/mol. The van der Waals surface area contributed by atoms with Gasteiger partial charge in [-0.25, -0.2) is 4.39 Å². The lowest BCUT2D eigenvalue weighted by Gasteiger charge is -2.09. The fraction of sp³-hybridized carbons (Fsp3) is 0.158. The molecule has 3 rings (SSSR count). The van der Waals surface area contributed by atoms with E-state index in [0.717, 1.165) is 5.52 Å². The van der Waals surface area contributed by atoms with Crippen LogP contribution in [-0.2, 0) is 6.54 Å². The fourth-order valence-electron chi connectivity index (χ4n) is 2.64. The number of thiazole rings is 1. The molecule has 26 heavy (non-hydrogen) atoms. The lowest BCUT2D eigenvalue weighted by Crippen LogP contribution is -2.16. The van der Waals surface area contributed by atoms with Crippen molar-refractivity contribution in [2.24, 2.45) is 4.99 Å². The van der Waals surface area contributed by atoms with Gasteiger partial charge < -0.3 is 14.0 Å². The van der Waals surface area contributed by atoms with E-state index < -0.39 is 5.91 Å². The molecular formula is C19H17FN2O3S. The predicted octanol–water partition coefficient (Wildman–Crippen LogP) is 3.79. The Morgan fingerprint density at radius 2 is 2.12 bits per heavy atom. The third-order valence-electron chi connectivity index (χ3n) is 3.79. The number of ether oxygens (including phenoxy) is 2. The second-order valence-electron chi connectivity index (χ2n) is 5.35. The summed E-state index contributed by atoms with van der Waals surface area (Å²) in [5.74, 6) is -0.0282. The molecule has 0 N–H and O–H groups in total. The van der Waals surface area contributed by atoms with Gasteiger partial charge in [0.25, 0.3) is 5.91 Å². The molecule has 0 atom stereocenters. The first-order chi connectivity index (χ1) is 12.6. The number of carbonyl (C=O) groups excluding carboxylic acids is 1. The maximum Gasteiger partial charge on any atom is 0.283 e. The van der Waals surface area contributed by atoms with Crippen LogP contribution in [0, 0.1) is 5.82 Å². The smallest absolute Gasteiger partial charge is 0.283 e. The van der Waals surface area contributed by atoms with Crippen LogP contribution in [-0.4, -0.2) is 24.7 Å². The van der Waals surface area contributed by atoms with Gasteiger partial charge in [0, 0.05) is 6.54 Å². The highest BCUT2D eigenvalue weighted by Gasteiger charge is 2.16. The largest absolute Gasteiger partial charge is 0.493 e. The van der Waals surface area contributed by atoms with Crippen LogP contribution < -0.4 is 14.3 Å². The zero-order valence-corrected chi connectivity index (χ0v) is 15.2. The van der Waals surface area contributed by atoms with E-state index in [2.05, 4.69) is 11.6 Å². The van der Waals surface area contributed by atoms with Gasteiger partial charge in [-0.3, -0.25) is 4.79 Å². The van der Waals surface area contributed by atoms with E-state index in [1.165, 1.54) is 37.7 Å². The average Bonchev–Trinajstić information content (AvgIpc) is 2.97. The Balaban J connectivity index is 2.17. The van der Waals surface area contributed by atoms with Crippen molar-refractivity contribution in [2.75, 3.05) is 14.2 Å². The summed E-state index contributed by atoms with van der Waals surface area (Å²) >= 11 is 1.24. The highest BCUT2D eigenvalue weighted by atomic mass is 32.1. The summed E-state index contributed by atoms with van der Waals surface area (Å²) in [6.45, 7) is 4.19. The van der Waals surface area contributed by atoms with Crippen LogP contribution in [0.1, 0.15) is 10.4 Å². The molecule has 0 aliphatic rings. The summed E-state index contributed by atoms with van der Waals surface area (Å²) in [6.07, 6.45) is 1.70. The number of allylic oxidation sites excluding steroid dienone is 1. The maximum absolute atomic E-state index is 13.5. The molecular weight excluding hydrogens is 355 g/mol. The highest BCUT2D eigenvalue weighted by molar-refractivity contribution is 7.16. The number of hydrogen-bond donors (Lipinski definition) is 0. The van der Waals surface area contributed by atoms with E-state index >= 15 is 0 Å². The topological polar surface area (TPSA) is 52.8 Å². The molecule has 0 saturated heterocycles. The van der Waals surface area contributed by atoms with Crippen molar-refractivity contribution in [3.63, 3.8) is 0 Å². The summed E-state index contributed by atoms with van der Waals surface area (Å²) in [4.78, 5) is 17.4. The Kier molecular flexibility index (Phi) is 5.18. The molecule has 1 heterocycles. The number of benzene rings is 2. The van der Waals surface area contributed by atoms with Crippen molar-refractivity contribution < 1.29 is 18.7 Å². The predicted molar refractivity (Wildman–Crippen MR) is 99.4 cm³/mol. The molecule has 0 aliphatic carbocycles. The zero-order chi connectivity index (χ0) is 18.7. The van der Waals surface area contributed by atoms with E-state index in [0.29, 0.717) is 33.1 Å². The van der Waals surface area contributed by atoms with Crippen molar-refractivity contribution in [1.29, 1.82) is 0 Å². The number of aromatic nitrogens is 1. The number of carbonyl (C=O) groups is 1. The van der Waals surface area contributed by atoms with Crippen LogP contribution >= 0.6 is 11.3 Å². The van der Waals surface area contributed by atoms with Crippen molar-refractivity contribution in [2.45, 2.75) is 6.54 Å². The van der Waals surface area contributed by atoms with Crippen molar-refractivity contribution in [1.82, 2.24) is 4.57 Å². The molecule has 2 aromatic carbocycles. The number of nitrogens with zero attached hydrogens (tertiary/aromatic N) is 2. The third-order valence-corrected chi connectivity index (χ3v) is 4.83. The summed E-state index contributed by atoms with van der Waals surface area (Å²) in [6, 6.07) is 9.50. The van der Waals surface area contributed by atoms with Gasteiger partial charge in [-0.15, -0.1) is 6.58 Å². The summed E-state index contributed by atoms with van der Waals surface area (Å²) in [5, 5.41) is 0. The van der Waals surface area contributed by atoms with Gasteiger partial charge in [-0.05, 0) is 30.3 Å². The molecule has 0 spiro atoms. The van der Waals surface area contributed by atoms with Gasteiger partial charge in [0.05, 0.1) is 30.0 Å². The van der Waals surface area contributed by atoms with Gasteiger partial charge in [0.1, 0.15) is 5.82 Å². The first kappa shape index (κ1) is 17.9. The van der Waals surface area contributed by atoms with Crippen LogP contribution in [0.3, 0.4) is 0 Å². The maximum atomic E-state index is 13.5. The molecule has 0 bridgehead atoms. The monoisotopic (exact) mass is 372 g/mol. The van der Waals surface area contributed by atoms with Gasteiger partial charge in [-0.1, -0.05) is 23.5 Å². The molecule has 7 heteroatoms. The minimum atomic E-state index is -0.467. The van der Waals surface area contributed by atoms with E-state index in [9.17, 15) is 9.18 Å². The molecule has 0 radical (unpaired) electrons. The fourth-order valence-corrected chi connectivity index (χ4v) is 3.70. The minimum Gasteiger partial charge on any atom is -0.493 e. The number of fused-ring (bicyclic) bond motifs is 1. The molecule has 134 valence electrons. The molecule has 0 aliphatic heterocycles. The van der Waals surface area contributed by atoms with E-state index in [1.807, 2.05) is 4.57 Å². The van der Waals surface area contributed by atoms with Crippen LogP contribution in [0.2, 0.25) is 0 Å². The van der Waals surface area contributed by atoms with Gasteiger partial charge >= 0.3 is 0 Å². The Morgan fingerprint density at radius 1 is 1.31 bits per heavy atom. The number of rotatable bonds is 5. The van der Waals surface area contributed by atoms with Crippen molar-refractivity contribution in [3.05, 3.63) is 65.2 Å². The first-order valence-electron chi connectivity index (χ1n) is 7.79. The van der Waals surface area contributed by atoms with Crippen molar-refractivity contribution in [3.8, 4) is 11.5 Å². The van der Waals surface area contributed by atoms with Gasteiger partial charge in [0.2, 0.25) is 0 Å². The standard InChI is InChI=1S/C19H17FN2O3S/c1-4-10-22-14-9-8-12(20)11-16(14)26-19(22)21-18(23)13-6-5-7-15(24-2)17(13)25-3/h4-9,11H,1,10H2,2-3H3. The first-order valence-corrected chi connectivity index (χ1v) is 8.60. The third kappa shape index (κ3) is 3.25. The molecule has 0 saturated carbocycles. The summed E-state index contributed by atoms with van der Waals surface area (Å²) in [7, 11) is 2.97. The van der Waals surface area contributed by atoms with E-state index in [4.69, 9.17) is 9.47 Å². The second-order valence-corrected chi connectivity index (χ2v) is 6.36. The molecule has 0 unspecified atom stereocenters. The Labute approximate surface area is 153 Å². The molecule has 1 aromatic heterocycles. The lowest BCUT2D eigenvalue weighted by atomic mass is 10.2. The summed E-state index contributed by atoms with van der Waals surface area (Å²) in [5.41, 5.74) is 1.08. The van der Waals surface area contributed by atoms with Gasteiger partial charge in [0.15, 0.2) is 16.3 Å². The normalized spacial score (nSPS) is 11.6. The lowest BCUT2D eigenvalue weighted by molar-refractivity contribution is 0.0994. The minimum absolute atomic E-state index is 0.292. The second kappa shape index (κ2) is 7.53. The number of halogens is 1. The van der Waals surface area contributed by atoms with Crippen LogP contribution in [0.15, 0.2) is 54.0 Å². The van der Waals surface area contributed by atoms with Gasteiger partial charge in [-0.2, -0.15) is 4.99 Å². The number of para-hydroxylation sites is 1. The Hall–Kier alpha value is -2.93. The molecule has 1 amide bonds. The number of methoxy groups -OCH3 is 2. The quantitative estimate of drug-likeness (QED) is 0.641. The van der Waals surface area contributed by atoms with Crippen LogP contribution in [0.4, 0.5) is 4.39 Å². The number of hydrogen-bond acceptors (Lipinski definition) is 4. The molecule has 0 fully saturated rings. The summed E-state index contributed by atoms with van der Waals surface area (Å²) < 4.78 is 26.6. The van der Waals surface area contributed by atoms with Crippen LogP contribution in [0.5, 0.6) is 11.5 Å². The zero-order valence-electron chi connectivity index (χ0n) is 14.4. The highest BCUT2D eigenvalue weighted by Crippen LogP contribution is 2.31. The molecule has 5 nitrogen and oxygen atoms in total. The van der Waals surface area contributed by atoms with E-state index in [1.54, 1.807) is 30.3 Å². The molecule has 3 aromatic rings. The Bertz CT molecular complexity index is 1050. The Morgan fingerprint density at radius 3 is 2.81 bits per heavy atom. The SMILES string of the molecule is C=CCn1c(=NC(=O)c2cccc(OC)c2OC)sc2cc(F)ccc21.